The van der Waals surface area contributed by atoms with Gasteiger partial charge in [-0.2, -0.15) is 0 Å². The number of carbonyl (C=O) groups excluding carboxylic acids is 2. The van der Waals surface area contributed by atoms with Crippen molar-refractivity contribution < 1.29 is 9.59 Å². The van der Waals surface area contributed by atoms with Crippen molar-refractivity contribution in [3.8, 4) is 0 Å². The van der Waals surface area contributed by atoms with Crippen molar-refractivity contribution in [1.82, 2.24) is 10.9 Å². The van der Waals surface area contributed by atoms with Crippen molar-refractivity contribution in [2.24, 2.45) is 0 Å². The fraction of sp³-hybridized carbons (Fsp3) is 0.273. The number of hydrogen-bond acceptors (Lipinski definition) is 3. The molecule has 0 saturated carbocycles. The number of para-hydroxylation sites is 1. The maximum Gasteiger partial charge on any atom is 0.243 e. The van der Waals surface area contributed by atoms with Gasteiger partial charge in [-0.3, -0.25) is 15.0 Å². The summed E-state index contributed by atoms with van der Waals surface area (Å²) in [5, 5.41) is 2.78. The van der Waals surface area contributed by atoms with E-state index in [0.29, 0.717) is 0 Å². The molecule has 84 valence electrons. The number of amides is 2. The normalized spacial score (nSPS) is 19.3. The summed E-state index contributed by atoms with van der Waals surface area (Å²) in [7, 11) is 0. The summed E-state index contributed by atoms with van der Waals surface area (Å²) in [5.74, 6) is -0.363. The quantitative estimate of drug-likeness (QED) is 0.671. The van der Waals surface area contributed by atoms with Gasteiger partial charge in [0.1, 0.15) is 6.04 Å². The number of hydrogen-bond donors (Lipinski definition) is 3. The molecule has 0 radical (unpaired) electrons. The summed E-state index contributed by atoms with van der Waals surface area (Å²) in [5.41, 5.74) is 6.80. The predicted molar refractivity (Wildman–Crippen MR) is 59.5 cm³/mol. The Kier molecular flexibility index (Phi) is 2.87. The first-order chi connectivity index (χ1) is 7.66. The van der Waals surface area contributed by atoms with Gasteiger partial charge >= 0.3 is 0 Å². The highest BCUT2D eigenvalue weighted by molar-refractivity contribution is 5.99. The number of benzene rings is 1. The van der Waals surface area contributed by atoms with E-state index >= 15 is 0 Å². The SMILES string of the molecule is Cc1ccccc1NC(=O)[C@H]1CC(=O)NN1. The zero-order valence-electron chi connectivity index (χ0n) is 8.91. The number of aryl methyl sites for hydroxylation is 1. The molecular formula is C11H13N3O2. The monoisotopic (exact) mass is 219 g/mol. The minimum Gasteiger partial charge on any atom is -0.324 e. The van der Waals surface area contributed by atoms with Crippen LogP contribution >= 0.6 is 0 Å². The van der Waals surface area contributed by atoms with Crippen LogP contribution in [0.25, 0.3) is 0 Å². The number of nitrogens with one attached hydrogen (secondary N) is 3. The average molecular weight is 219 g/mol. The molecule has 2 rings (SSSR count). The number of anilines is 1. The first kappa shape index (κ1) is 10.6. The van der Waals surface area contributed by atoms with Gasteiger partial charge in [-0.25, -0.2) is 5.43 Å². The van der Waals surface area contributed by atoms with E-state index in [9.17, 15) is 9.59 Å². The van der Waals surface area contributed by atoms with Crippen LogP contribution in [0.1, 0.15) is 12.0 Å². The zero-order valence-corrected chi connectivity index (χ0v) is 8.91. The van der Waals surface area contributed by atoms with E-state index < -0.39 is 6.04 Å². The van der Waals surface area contributed by atoms with Crippen LogP contribution in [-0.2, 0) is 9.59 Å². The second-order valence-electron chi connectivity index (χ2n) is 3.75. The third-order valence-corrected chi connectivity index (χ3v) is 2.49. The smallest absolute Gasteiger partial charge is 0.243 e. The van der Waals surface area contributed by atoms with Crippen molar-refractivity contribution in [2.75, 3.05) is 5.32 Å². The molecule has 1 atom stereocenters. The summed E-state index contributed by atoms with van der Waals surface area (Å²) in [6, 6.07) is 7.02. The first-order valence-electron chi connectivity index (χ1n) is 5.07. The molecule has 5 nitrogen and oxygen atoms in total. The third kappa shape index (κ3) is 2.20. The van der Waals surface area contributed by atoms with E-state index in [-0.39, 0.29) is 18.2 Å². The molecule has 1 aliphatic rings. The molecule has 1 fully saturated rings. The van der Waals surface area contributed by atoms with Crippen LogP contribution in [0.3, 0.4) is 0 Å². The van der Waals surface area contributed by atoms with Crippen LogP contribution in [0.4, 0.5) is 5.69 Å². The Balaban J connectivity index is 2.03. The number of hydrazine groups is 1. The topological polar surface area (TPSA) is 70.2 Å². The molecule has 0 aromatic heterocycles. The molecule has 3 N–H and O–H groups in total. The summed E-state index contributed by atoms with van der Waals surface area (Å²) >= 11 is 0. The van der Waals surface area contributed by atoms with Crippen molar-refractivity contribution in [1.29, 1.82) is 0 Å². The molecule has 1 aliphatic heterocycles. The largest absolute Gasteiger partial charge is 0.324 e. The maximum atomic E-state index is 11.7. The lowest BCUT2D eigenvalue weighted by atomic mass is 10.1. The highest BCUT2D eigenvalue weighted by atomic mass is 16.2. The van der Waals surface area contributed by atoms with Crippen molar-refractivity contribution in [3.63, 3.8) is 0 Å². The molecule has 2 amide bonds. The molecule has 0 spiro atoms. The van der Waals surface area contributed by atoms with Crippen molar-refractivity contribution in [3.05, 3.63) is 29.8 Å². The van der Waals surface area contributed by atoms with Crippen molar-refractivity contribution >= 4 is 17.5 Å². The molecule has 1 aromatic rings. The zero-order chi connectivity index (χ0) is 11.5. The third-order valence-electron chi connectivity index (χ3n) is 2.49. The molecule has 1 heterocycles. The van der Waals surface area contributed by atoms with Crippen LogP contribution in [-0.4, -0.2) is 17.9 Å². The van der Waals surface area contributed by atoms with Gasteiger partial charge in [0.15, 0.2) is 0 Å². The van der Waals surface area contributed by atoms with Crippen molar-refractivity contribution in [2.45, 2.75) is 19.4 Å². The summed E-state index contributed by atoms with van der Waals surface area (Å²) in [6.45, 7) is 1.92. The Morgan fingerprint density at radius 3 is 2.81 bits per heavy atom. The number of rotatable bonds is 2. The average Bonchev–Trinajstić information content (AvgIpc) is 2.68. The molecule has 1 saturated heterocycles. The highest BCUT2D eigenvalue weighted by Gasteiger charge is 2.27. The first-order valence-corrected chi connectivity index (χ1v) is 5.07. The standard InChI is InChI=1S/C11H13N3O2/c1-7-4-2-3-5-8(7)12-11(16)9-6-10(15)14-13-9/h2-5,9,13H,6H2,1H3,(H,12,16)(H,14,15)/t9-/m1/s1. The van der Waals surface area contributed by atoms with Gasteiger partial charge in [-0.15, -0.1) is 0 Å². The molecular weight excluding hydrogens is 206 g/mol. The molecule has 0 unspecified atom stereocenters. The lowest BCUT2D eigenvalue weighted by Crippen LogP contribution is -2.39. The van der Waals surface area contributed by atoms with E-state index in [2.05, 4.69) is 16.2 Å². The summed E-state index contributed by atoms with van der Waals surface area (Å²) in [4.78, 5) is 22.7. The Hall–Kier alpha value is -1.88. The van der Waals surface area contributed by atoms with Crippen LogP contribution in [0, 0.1) is 6.92 Å². The number of carbonyl (C=O) groups is 2. The van der Waals surface area contributed by atoms with Crippen LogP contribution < -0.4 is 16.2 Å². The highest BCUT2D eigenvalue weighted by Crippen LogP contribution is 2.14. The van der Waals surface area contributed by atoms with E-state index in [1.807, 2.05) is 31.2 Å². The predicted octanol–water partition coefficient (Wildman–Crippen LogP) is 0.327. The minimum atomic E-state index is -0.493. The Morgan fingerprint density at radius 1 is 1.44 bits per heavy atom. The fourth-order valence-corrected chi connectivity index (χ4v) is 1.55. The maximum absolute atomic E-state index is 11.7. The van der Waals surface area contributed by atoms with E-state index in [1.54, 1.807) is 0 Å². The summed E-state index contributed by atoms with van der Waals surface area (Å²) < 4.78 is 0. The molecule has 16 heavy (non-hydrogen) atoms. The van der Waals surface area contributed by atoms with Gasteiger partial charge in [0.25, 0.3) is 0 Å². The fourth-order valence-electron chi connectivity index (χ4n) is 1.55. The molecule has 0 bridgehead atoms. The van der Waals surface area contributed by atoms with Crippen LogP contribution in [0.15, 0.2) is 24.3 Å². The lowest BCUT2D eigenvalue weighted by Gasteiger charge is -2.11. The summed E-state index contributed by atoms with van der Waals surface area (Å²) in [6.07, 6.45) is 0.178. The van der Waals surface area contributed by atoms with E-state index in [4.69, 9.17) is 0 Å². The second kappa shape index (κ2) is 4.32. The van der Waals surface area contributed by atoms with E-state index in [1.165, 1.54) is 0 Å². The van der Waals surface area contributed by atoms with Crippen LogP contribution in [0.5, 0.6) is 0 Å². The lowest BCUT2D eigenvalue weighted by molar-refractivity contribution is -0.121. The molecule has 1 aromatic carbocycles. The Labute approximate surface area is 93.2 Å². The second-order valence-corrected chi connectivity index (χ2v) is 3.75. The van der Waals surface area contributed by atoms with Gasteiger partial charge in [0.05, 0.1) is 6.42 Å². The Morgan fingerprint density at radius 2 is 2.19 bits per heavy atom. The minimum absolute atomic E-state index is 0.162. The Bertz CT molecular complexity index is 431. The van der Waals surface area contributed by atoms with Gasteiger partial charge in [0, 0.05) is 5.69 Å². The van der Waals surface area contributed by atoms with Gasteiger partial charge in [-0.05, 0) is 18.6 Å². The molecule has 5 heteroatoms. The van der Waals surface area contributed by atoms with Gasteiger partial charge < -0.3 is 5.32 Å². The van der Waals surface area contributed by atoms with Gasteiger partial charge in [-0.1, -0.05) is 18.2 Å². The van der Waals surface area contributed by atoms with Gasteiger partial charge in [0.2, 0.25) is 11.8 Å². The van der Waals surface area contributed by atoms with E-state index in [0.717, 1.165) is 11.3 Å². The molecule has 0 aliphatic carbocycles. The van der Waals surface area contributed by atoms with Crippen LogP contribution in [0.2, 0.25) is 0 Å².